The standard InChI is InChI=1S/C26H24N2O5/c1-2-31-24-18-19(13-14-23(24)33-16-15-32-21-11-7-4-8-12-21)17-22-25(29)27-28(26(22)30)20-9-5-3-6-10-20/h3-14,17-18H,2,15-16H2,1H3,(H,27,29). The van der Waals surface area contributed by atoms with E-state index in [4.69, 9.17) is 14.2 Å². The average Bonchev–Trinajstić information content (AvgIpc) is 3.12. The topological polar surface area (TPSA) is 77.1 Å². The third-order valence-corrected chi connectivity index (χ3v) is 4.84. The number of nitrogens with zero attached hydrogens (tertiary/aromatic N) is 1. The van der Waals surface area contributed by atoms with Crippen LogP contribution in [0.15, 0.2) is 84.4 Å². The maximum absolute atomic E-state index is 12.8. The van der Waals surface area contributed by atoms with Gasteiger partial charge in [-0.15, -0.1) is 0 Å². The number of anilines is 1. The van der Waals surface area contributed by atoms with Gasteiger partial charge in [0, 0.05) is 0 Å². The second-order valence-corrected chi connectivity index (χ2v) is 7.12. The predicted molar refractivity (Wildman–Crippen MR) is 125 cm³/mol. The van der Waals surface area contributed by atoms with Crippen molar-refractivity contribution in [2.24, 2.45) is 0 Å². The van der Waals surface area contributed by atoms with Crippen molar-refractivity contribution < 1.29 is 23.8 Å². The van der Waals surface area contributed by atoms with Crippen molar-refractivity contribution in [1.82, 2.24) is 5.43 Å². The van der Waals surface area contributed by atoms with E-state index in [0.717, 1.165) is 5.75 Å². The van der Waals surface area contributed by atoms with Gasteiger partial charge in [0.1, 0.15) is 24.5 Å². The Morgan fingerprint density at radius 1 is 0.818 bits per heavy atom. The molecular weight excluding hydrogens is 420 g/mol. The Morgan fingerprint density at radius 3 is 2.24 bits per heavy atom. The van der Waals surface area contributed by atoms with Crippen molar-refractivity contribution in [2.45, 2.75) is 6.92 Å². The number of amides is 2. The Morgan fingerprint density at radius 2 is 1.52 bits per heavy atom. The Hall–Kier alpha value is -4.26. The van der Waals surface area contributed by atoms with Gasteiger partial charge < -0.3 is 14.2 Å². The molecule has 1 aliphatic rings. The van der Waals surface area contributed by atoms with E-state index in [-0.39, 0.29) is 5.57 Å². The third-order valence-electron chi connectivity index (χ3n) is 4.84. The lowest BCUT2D eigenvalue weighted by Gasteiger charge is -2.14. The van der Waals surface area contributed by atoms with Crippen LogP contribution >= 0.6 is 0 Å². The van der Waals surface area contributed by atoms with Gasteiger partial charge >= 0.3 is 0 Å². The first-order valence-corrected chi connectivity index (χ1v) is 10.7. The third kappa shape index (κ3) is 5.33. The highest BCUT2D eigenvalue weighted by atomic mass is 16.5. The summed E-state index contributed by atoms with van der Waals surface area (Å²) in [5.74, 6) is 0.987. The van der Waals surface area contributed by atoms with Crippen LogP contribution < -0.4 is 24.6 Å². The Labute approximate surface area is 192 Å². The molecule has 0 saturated carbocycles. The fraction of sp³-hybridized carbons (Fsp3) is 0.154. The minimum Gasteiger partial charge on any atom is -0.490 e. The molecule has 7 nitrogen and oxygen atoms in total. The zero-order valence-corrected chi connectivity index (χ0v) is 18.2. The number of para-hydroxylation sites is 2. The van der Waals surface area contributed by atoms with Crippen LogP contribution in [0.4, 0.5) is 5.69 Å². The summed E-state index contributed by atoms with van der Waals surface area (Å²) in [6.45, 7) is 3.03. The van der Waals surface area contributed by atoms with Crippen molar-refractivity contribution in [3.63, 3.8) is 0 Å². The first-order chi connectivity index (χ1) is 16.2. The fourth-order valence-electron chi connectivity index (χ4n) is 3.31. The summed E-state index contributed by atoms with van der Waals surface area (Å²) < 4.78 is 17.2. The second-order valence-electron chi connectivity index (χ2n) is 7.12. The molecule has 0 spiro atoms. The molecule has 168 valence electrons. The van der Waals surface area contributed by atoms with Crippen LogP contribution in [0.2, 0.25) is 0 Å². The Balaban J connectivity index is 1.46. The molecular formula is C26H24N2O5. The molecule has 3 aromatic rings. The van der Waals surface area contributed by atoms with E-state index >= 15 is 0 Å². The molecule has 0 aromatic heterocycles. The van der Waals surface area contributed by atoms with Crippen LogP contribution in [0, 0.1) is 0 Å². The molecule has 0 radical (unpaired) electrons. The summed E-state index contributed by atoms with van der Waals surface area (Å²) in [4.78, 5) is 25.2. The van der Waals surface area contributed by atoms with Gasteiger partial charge in [0.15, 0.2) is 11.5 Å². The van der Waals surface area contributed by atoms with E-state index in [1.807, 2.05) is 43.3 Å². The van der Waals surface area contributed by atoms with Crippen LogP contribution in [-0.2, 0) is 9.59 Å². The van der Waals surface area contributed by atoms with E-state index < -0.39 is 11.8 Å². The summed E-state index contributed by atoms with van der Waals surface area (Å²) >= 11 is 0. The molecule has 33 heavy (non-hydrogen) atoms. The first-order valence-electron chi connectivity index (χ1n) is 10.7. The highest BCUT2D eigenvalue weighted by Crippen LogP contribution is 2.30. The van der Waals surface area contributed by atoms with Gasteiger partial charge in [0.05, 0.1) is 12.3 Å². The van der Waals surface area contributed by atoms with Gasteiger partial charge in [-0.3, -0.25) is 15.0 Å². The molecule has 0 bridgehead atoms. The SMILES string of the molecule is CCOc1cc(C=C2C(=O)NN(c3ccccc3)C2=O)ccc1OCCOc1ccccc1. The zero-order chi connectivity index (χ0) is 23.0. The number of hydrogen-bond acceptors (Lipinski definition) is 5. The van der Waals surface area contributed by atoms with E-state index in [0.29, 0.717) is 42.6 Å². The fourth-order valence-corrected chi connectivity index (χ4v) is 3.31. The smallest absolute Gasteiger partial charge is 0.282 e. The summed E-state index contributed by atoms with van der Waals surface area (Å²) in [6, 6.07) is 23.7. The van der Waals surface area contributed by atoms with Crippen molar-refractivity contribution in [2.75, 3.05) is 24.8 Å². The van der Waals surface area contributed by atoms with Crippen molar-refractivity contribution in [3.8, 4) is 17.2 Å². The molecule has 1 fully saturated rings. The number of nitrogens with one attached hydrogen (secondary N) is 1. The van der Waals surface area contributed by atoms with Gasteiger partial charge in [0.25, 0.3) is 11.8 Å². The Kier molecular flexibility index (Phi) is 6.90. The van der Waals surface area contributed by atoms with E-state index in [1.165, 1.54) is 5.01 Å². The molecule has 7 heteroatoms. The highest BCUT2D eigenvalue weighted by molar-refractivity contribution is 6.31. The minimum absolute atomic E-state index is 0.0474. The summed E-state index contributed by atoms with van der Waals surface area (Å²) in [7, 11) is 0. The highest BCUT2D eigenvalue weighted by Gasteiger charge is 2.34. The first kappa shape index (κ1) is 22.0. The number of hydrazine groups is 1. The van der Waals surface area contributed by atoms with Crippen LogP contribution in [0.25, 0.3) is 6.08 Å². The van der Waals surface area contributed by atoms with Crippen molar-refractivity contribution in [3.05, 3.63) is 90.0 Å². The molecule has 0 unspecified atom stereocenters. The van der Waals surface area contributed by atoms with Gasteiger partial charge in [-0.25, -0.2) is 5.01 Å². The molecule has 1 heterocycles. The molecule has 1 N–H and O–H groups in total. The zero-order valence-electron chi connectivity index (χ0n) is 18.2. The second kappa shape index (κ2) is 10.4. The Bertz CT molecular complexity index is 1150. The van der Waals surface area contributed by atoms with Crippen LogP contribution in [-0.4, -0.2) is 31.6 Å². The number of carbonyl (C=O) groups excluding carboxylic acids is 2. The lowest BCUT2D eigenvalue weighted by Crippen LogP contribution is -2.35. The van der Waals surface area contributed by atoms with Gasteiger partial charge in [0.2, 0.25) is 0 Å². The number of benzene rings is 3. The average molecular weight is 444 g/mol. The van der Waals surface area contributed by atoms with Crippen molar-refractivity contribution in [1.29, 1.82) is 0 Å². The van der Waals surface area contributed by atoms with Crippen LogP contribution in [0.3, 0.4) is 0 Å². The lowest BCUT2D eigenvalue weighted by molar-refractivity contribution is -0.117. The van der Waals surface area contributed by atoms with Crippen molar-refractivity contribution >= 4 is 23.6 Å². The number of hydrogen-bond donors (Lipinski definition) is 1. The molecule has 1 aliphatic heterocycles. The molecule has 0 aliphatic carbocycles. The van der Waals surface area contributed by atoms with Crippen LogP contribution in [0.1, 0.15) is 12.5 Å². The monoisotopic (exact) mass is 444 g/mol. The van der Waals surface area contributed by atoms with E-state index in [2.05, 4.69) is 5.43 Å². The van der Waals surface area contributed by atoms with Gasteiger partial charge in [-0.2, -0.15) is 0 Å². The molecule has 0 atom stereocenters. The number of carbonyl (C=O) groups is 2. The normalized spacial score (nSPS) is 14.3. The van der Waals surface area contributed by atoms with E-state index in [1.54, 1.807) is 48.5 Å². The molecule has 2 amide bonds. The summed E-state index contributed by atoms with van der Waals surface area (Å²) in [6.07, 6.45) is 1.55. The maximum atomic E-state index is 12.8. The molecule has 3 aromatic carbocycles. The number of ether oxygens (including phenoxy) is 3. The predicted octanol–water partition coefficient (Wildman–Crippen LogP) is 4.00. The number of rotatable bonds is 9. The summed E-state index contributed by atoms with van der Waals surface area (Å²) in [5.41, 5.74) is 3.89. The minimum atomic E-state index is -0.458. The quantitative estimate of drug-likeness (QED) is 0.307. The maximum Gasteiger partial charge on any atom is 0.282 e. The summed E-state index contributed by atoms with van der Waals surface area (Å²) in [5, 5.41) is 1.24. The van der Waals surface area contributed by atoms with E-state index in [9.17, 15) is 9.59 Å². The molecule has 1 saturated heterocycles. The van der Waals surface area contributed by atoms with Gasteiger partial charge in [-0.1, -0.05) is 42.5 Å². The van der Waals surface area contributed by atoms with Gasteiger partial charge in [-0.05, 0) is 55.0 Å². The van der Waals surface area contributed by atoms with Crippen LogP contribution in [0.5, 0.6) is 17.2 Å². The largest absolute Gasteiger partial charge is 0.490 e. The lowest BCUT2D eigenvalue weighted by atomic mass is 10.1. The molecule has 4 rings (SSSR count).